The Morgan fingerprint density at radius 1 is 1.04 bits per heavy atom. The van der Waals surface area contributed by atoms with Crippen LogP contribution in [0.4, 0.5) is 5.82 Å². The molecule has 5 rings (SSSR count). The Bertz CT molecular complexity index is 1060. The van der Waals surface area contributed by atoms with Crippen LogP contribution in [-0.4, -0.2) is 23.2 Å². The highest BCUT2D eigenvalue weighted by Gasteiger charge is 2.13. The zero-order valence-electron chi connectivity index (χ0n) is 13.8. The summed E-state index contributed by atoms with van der Waals surface area (Å²) in [5.74, 6) is 2.42. The molecule has 1 N–H and O–H groups in total. The van der Waals surface area contributed by atoms with Crippen LogP contribution >= 0.6 is 11.3 Å². The molecule has 0 fully saturated rings. The molecule has 4 heterocycles. The van der Waals surface area contributed by atoms with E-state index in [2.05, 4.69) is 21.4 Å². The number of anilines is 1. The van der Waals surface area contributed by atoms with Gasteiger partial charge in [-0.3, -0.25) is 0 Å². The van der Waals surface area contributed by atoms with Gasteiger partial charge in [0.2, 0.25) is 0 Å². The van der Waals surface area contributed by atoms with E-state index in [-0.39, 0.29) is 0 Å². The van der Waals surface area contributed by atoms with E-state index in [1.165, 1.54) is 0 Å². The van der Waals surface area contributed by atoms with Crippen LogP contribution in [0.1, 0.15) is 5.56 Å². The molecule has 7 heteroatoms. The van der Waals surface area contributed by atoms with E-state index in [1.54, 1.807) is 30.2 Å². The lowest BCUT2D eigenvalue weighted by Gasteiger charge is -2.19. The molecular formula is C19H15N3O3S. The topological polar surface area (TPSA) is 69.4 Å². The van der Waals surface area contributed by atoms with Gasteiger partial charge in [0.05, 0.1) is 22.7 Å². The van der Waals surface area contributed by atoms with Crippen LogP contribution < -0.4 is 14.8 Å². The first-order valence-corrected chi connectivity index (χ1v) is 9.08. The SMILES string of the molecule is c1nc(NCc2ccc3c(c2)OCCO3)c2sc(-c3ccoc3)cc2n1. The Kier molecular flexibility index (Phi) is 3.71. The van der Waals surface area contributed by atoms with Gasteiger partial charge in [-0.2, -0.15) is 0 Å². The van der Waals surface area contributed by atoms with E-state index < -0.39 is 0 Å². The van der Waals surface area contributed by atoms with Gasteiger partial charge in [0.25, 0.3) is 0 Å². The van der Waals surface area contributed by atoms with Crippen molar-refractivity contribution in [3.63, 3.8) is 0 Å². The average Bonchev–Trinajstić information content (AvgIpc) is 3.35. The number of furan rings is 1. The maximum Gasteiger partial charge on any atom is 0.161 e. The fraction of sp³-hybridized carbons (Fsp3) is 0.158. The summed E-state index contributed by atoms with van der Waals surface area (Å²) in [6.45, 7) is 1.82. The third-order valence-corrected chi connectivity index (χ3v) is 5.36. The van der Waals surface area contributed by atoms with Crippen molar-refractivity contribution in [1.82, 2.24) is 9.97 Å². The molecular weight excluding hydrogens is 350 g/mol. The van der Waals surface area contributed by atoms with E-state index in [1.807, 2.05) is 24.3 Å². The number of hydrogen-bond acceptors (Lipinski definition) is 7. The number of aromatic nitrogens is 2. The number of nitrogens with zero attached hydrogens (tertiary/aromatic N) is 2. The highest BCUT2D eigenvalue weighted by molar-refractivity contribution is 7.22. The standard InChI is InChI=1S/C19H15N3O3S/c1-2-15-16(25-6-5-24-15)7-12(1)9-20-19-18-14(21-11-22-19)8-17(26-18)13-3-4-23-10-13/h1-4,7-8,10-11H,5-6,9H2,(H,20,21,22). The summed E-state index contributed by atoms with van der Waals surface area (Å²) in [6.07, 6.45) is 4.99. The van der Waals surface area contributed by atoms with Gasteiger partial charge in [0.15, 0.2) is 11.5 Å². The second kappa shape index (κ2) is 6.34. The number of nitrogens with one attached hydrogen (secondary N) is 1. The molecule has 0 spiro atoms. The minimum Gasteiger partial charge on any atom is -0.486 e. The lowest BCUT2D eigenvalue weighted by Crippen LogP contribution is -2.15. The molecule has 0 aliphatic carbocycles. The van der Waals surface area contributed by atoms with Crippen molar-refractivity contribution in [3.8, 4) is 21.9 Å². The monoisotopic (exact) mass is 365 g/mol. The van der Waals surface area contributed by atoms with E-state index in [9.17, 15) is 0 Å². The van der Waals surface area contributed by atoms with Crippen molar-refractivity contribution in [2.75, 3.05) is 18.5 Å². The number of hydrogen-bond donors (Lipinski definition) is 1. The van der Waals surface area contributed by atoms with E-state index >= 15 is 0 Å². The van der Waals surface area contributed by atoms with Crippen molar-refractivity contribution in [2.45, 2.75) is 6.54 Å². The van der Waals surface area contributed by atoms with Gasteiger partial charge in [-0.05, 0) is 29.8 Å². The molecule has 1 aliphatic heterocycles. The summed E-state index contributed by atoms with van der Waals surface area (Å²) in [6, 6.07) is 9.99. The summed E-state index contributed by atoms with van der Waals surface area (Å²) in [4.78, 5) is 9.90. The Morgan fingerprint density at radius 3 is 2.85 bits per heavy atom. The molecule has 0 unspecified atom stereocenters. The van der Waals surface area contributed by atoms with Crippen LogP contribution in [0.15, 0.2) is 53.6 Å². The summed E-state index contributed by atoms with van der Waals surface area (Å²) >= 11 is 1.65. The summed E-state index contributed by atoms with van der Waals surface area (Å²) in [5, 5.41) is 3.41. The van der Waals surface area contributed by atoms with Crippen LogP contribution in [-0.2, 0) is 6.54 Å². The fourth-order valence-electron chi connectivity index (χ4n) is 2.91. The zero-order chi connectivity index (χ0) is 17.3. The van der Waals surface area contributed by atoms with Crippen molar-refractivity contribution in [2.24, 2.45) is 0 Å². The molecule has 0 amide bonds. The molecule has 26 heavy (non-hydrogen) atoms. The van der Waals surface area contributed by atoms with Gasteiger partial charge >= 0.3 is 0 Å². The predicted molar refractivity (Wildman–Crippen MR) is 99.9 cm³/mol. The Balaban J connectivity index is 1.41. The van der Waals surface area contributed by atoms with Crippen LogP contribution in [0.2, 0.25) is 0 Å². The third-order valence-electron chi connectivity index (χ3n) is 4.18. The molecule has 4 aromatic rings. The number of ether oxygens (including phenoxy) is 2. The molecule has 1 aromatic carbocycles. The first-order valence-electron chi connectivity index (χ1n) is 8.26. The maximum atomic E-state index is 5.65. The Morgan fingerprint density at radius 2 is 1.96 bits per heavy atom. The molecule has 0 radical (unpaired) electrons. The summed E-state index contributed by atoms with van der Waals surface area (Å²) in [7, 11) is 0. The molecule has 0 atom stereocenters. The molecule has 6 nitrogen and oxygen atoms in total. The highest BCUT2D eigenvalue weighted by atomic mass is 32.1. The molecule has 130 valence electrons. The van der Waals surface area contributed by atoms with Gasteiger partial charge in [0, 0.05) is 17.0 Å². The zero-order valence-corrected chi connectivity index (χ0v) is 14.6. The van der Waals surface area contributed by atoms with Crippen LogP contribution in [0.5, 0.6) is 11.5 Å². The largest absolute Gasteiger partial charge is 0.486 e. The third kappa shape index (κ3) is 2.76. The molecule has 0 bridgehead atoms. The minimum atomic E-state index is 0.586. The molecule has 1 aliphatic rings. The van der Waals surface area contributed by atoms with Crippen LogP contribution in [0, 0.1) is 0 Å². The van der Waals surface area contributed by atoms with Gasteiger partial charge in [0.1, 0.15) is 25.4 Å². The van der Waals surface area contributed by atoms with Gasteiger partial charge in [-0.15, -0.1) is 11.3 Å². The van der Waals surface area contributed by atoms with E-state index in [0.29, 0.717) is 19.8 Å². The smallest absolute Gasteiger partial charge is 0.161 e. The fourth-order valence-corrected chi connectivity index (χ4v) is 3.97. The van der Waals surface area contributed by atoms with Crippen molar-refractivity contribution < 1.29 is 13.9 Å². The van der Waals surface area contributed by atoms with E-state index in [0.717, 1.165) is 43.5 Å². The highest BCUT2D eigenvalue weighted by Crippen LogP contribution is 2.36. The molecule has 3 aromatic heterocycles. The maximum absolute atomic E-state index is 5.65. The van der Waals surface area contributed by atoms with Gasteiger partial charge in [-0.1, -0.05) is 6.07 Å². The van der Waals surface area contributed by atoms with Gasteiger partial charge < -0.3 is 19.2 Å². The van der Waals surface area contributed by atoms with Crippen molar-refractivity contribution >= 4 is 27.4 Å². The number of thiophene rings is 1. The summed E-state index contributed by atoms with van der Waals surface area (Å²) in [5.41, 5.74) is 3.07. The normalized spacial score (nSPS) is 13.1. The van der Waals surface area contributed by atoms with Crippen molar-refractivity contribution in [1.29, 1.82) is 0 Å². The minimum absolute atomic E-state index is 0.586. The van der Waals surface area contributed by atoms with Crippen LogP contribution in [0.25, 0.3) is 20.7 Å². The second-order valence-corrected chi connectivity index (χ2v) is 6.94. The van der Waals surface area contributed by atoms with E-state index in [4.69, 9.17) is 13.9 Å². The first kappa shape index (κ1) is 15.2. The van der Waals surface area contributed by atoms with Crippen LogP contribution in [0.3, 0.4) is 0 Å². The first-order chi connectivity index (χ1) is 12.9. The second-order valence-electron chi connectivity index (χ2n) is 5.89. The average molecular weight is 365 g/mol. The molecule has 0 saturated carbocycles. The number of fused-ring (bicyclic) bond motifs is 2. The number of benzene rings is 1. The lowest BCUT2D eigenvalue weighted by atomic mass is 10.2. The Hall–Kier alpha value is -3.06. The molecule has 0 saturated heterocycles. The lowest BCUT2D eigenvalue weighted by molar-refractivity contribution is 0.171. The van der Waals surface area contributed by atoms with Gasteiger partial charge in [-0.25, -0.2) is 9.97 Å². The Labute approximate surface area is 153 Å². The predicted octanol–water partition coefficient (Wildman–Crippen LogP) is 4.33. The number of rotatable bonds is 4. The van der Waals surface area contributed by atoms with Crippen molar-refractivity contribution in [3.05, 3.63) is 54.7 Å². The quantitative estimate of drug-likeness (QED) is 0.580. The summed E-state index contributed by atoms with van der Waals surface area (Å²) < 4.78 is 17.4.